The van der Waals surface area contributed by atoms with E-state index >= 15 is 0 Å². The second-order valence-corrected chi connectivity index (χ2v) is 6.35. The van der Waals surface area contributed by atoms with E-state index in [9.17, 15) is 28.1 Å². The monoisotopic (exact) mass is 422 g/mol. The number of nitrogens with zero attached hydrogens (tertiary/aromatic N) is 5. The third-order valence-corrected chi connectivity index (χ3v) is 4.51. The first-order valence-corrected chi connectivity index (χ1v) is 8.70. The van der Waals surface area contributed by atoms with E-state index < -0.39 is 33.8 Å². The molecule has 2 rings (SSSR count). The van der Waals surface area contributed by atoms with Crippen molar-refractivity contribution in [2.75, 3.05) is 6.54 Å². The summed E-state index contributed by atoms with van der Waals surface area (Å²) in [5.41, 5.74) is -1.17. The molecule has 0 spiro atoms. The molecule has 0 aromatic carbocycles. The van der Waals surface area contributed by atoms with Gasteiger partial charge in [-0.3, -0.25) is 24.3 Å². The van der Waals surface area contributed by atoms with Gasteiger partial charge in [-0.15, -0.1) is 0 Å². The number of aryl methyl sites for hydroxylation is 1. The van der Waals surface area contributed by atoms with Gasteiger partial charge in [0, 0.05) is 13.1 Å². The molecule has 0 aliphatic carbocycles. The molecule has 28 heavy (non-hydrogen) atoms. The van der Waals surface area contributed by atoms with E-state index in [0.29, 0.717) is 12.8 Å². The molecule has 0 saturated heterocycles. The van der Waals surface area contributed by atoms with Crippen LogP contribution in [0.25, 0.3) is 0 Å². The fourth-order valence-corrected chi connectivity index (χ4v) is 2.81. The number of carbonyl (C=O) groups is 1. The Balaban J connectivity index is 1.92. The Hall–Kier alpha value is -2.63. The zero-order valence-corrected chi connectivity index (χ0v) is 15.8. The van der Waals surface area contributed by atoms with Crippen molar-refractivity contribution < 1.29 is 22.9 Å². The Labute approximate surface area is 162 Å². The maximum atomic E-state index is 12.8. The summed E-state index contributed by atoms with van der Waals surface area (Å²) >= 11 is 5.68. The molecule has 1 unspecified atom stereocenters. The molecule has 1 amide bonds. The van der Waals surface area contributed by atoms with Crippen LogP contribution in [0.2, 0.25) is 5.02 Å². The van der Waals surface area contributed by atoms with Crippen LogP contribution in [0.1, 0.15) is 37.2 Å². The summed E-state index contributed by atoms with van der Waals surface area (Å²) in [6.07, 6.45) is -1.74. The topological polar surface area (TPSA) is 108 Å². The zero-order valence-electron chi connectivity index (χ0n) is 15.0. The van der Waals surface area contributed by atoms with Gasteiger partial charge in [-0.1, -0.05) is 18.5 Å². The number of hydrogen-bond donors (Lipinski definition) is 1. The Kier molecular flexibility index (Phi) is 6.65. The van der Waals surface area contributed by atoms with Crippen molar-refractivity contribution in [1.82, 2.24) is 24.9 Å². The Bertz CT molecular complexity index is 864. The molecule has 2 heterocycles. The van der Waals surface area contributed by atoms with Gasteiger partial charge in [-0.2, -0.15) is 23.4 Å². The molecule has 1 N–H and O–H groups in total. The van der Waals surface area contributed by atoms with E-state index in [4.69, 9.17) is 11.6 Å². The largest absolute Gasteiger partial charge is 0.436 e. The lowest BCUT2D eigenvalue weighted by Gasteiger charge is -2.15. The van der Waals surface area contributed by atoms with E-state index in [1.807, 2.05) is 0 Å². The first kappa shape index (κ1) is 21.7. The summed E-state index contributed by atoms with van der Waals surface area (Å²) in [5, 5.41) is 20.2. The van der Waals surface area contributed by atoms with E-state index in [2.05, 4.69) is 15.5 Å². The number of halogens is 4. The highest BCUT2D eigenvalue weighted by atomic mass is 35.5. The number of alkyl halides is 3. The smallest absolute Gasteiger partial charge is 0.354 e. The first-order chi connectivity index (χ1) is 13.1. The van der Waals surface area contributed by atoms with E-state index in [1.54, 1.807) is 6.92 Å². The molecule has 2 aromatic rings. The summed E-state index contributed by atoms with van der Waals surface area (Å²) in [5.74, 6) is -0.397. The molecule has 154 valence electrons. The zero-order chi connectivity index (χ0) is 21.1. The van der Waals surface area contributed by atoms with Crippen LogP contribution in [-0.4, -0.2) is 36.9 Å². The number of rotatable bonds is 8. The van der Waals surface area contributed by atoms with Crippen LogP contribution in [0.5, 0.6) is 0 Å². The molecule has 1 atom stereocenters. The van der Waals surface area contributed by atoms with Crippen LogP contribution in [0.3, 0.4) is 0 Å². The van der Waals surface area contributed by atoms with Gasteiger partial charge in [0.25, 0.3) is 0 Å². The van der Waals surface area contributed by atoms with Crippen LogP contribution in [0.4, 0.5) is 18.9 Å². The summed E-state index contributed by atoms with van der Waals surface area (Å²) in [6.45, 7) is 3.47. The number of carbonyl (C=O) groups excluding carboxylic acids is 1. The van der Waals surface area contributed by atoms with Gasteiger partial charge in [0.15, 0.2) is 5.69 Å². The molecule has 0 saturated carbocycles. The molecule has 0 radical (unpaired) electrons. The normalized spacial score (nSPS) is 12.8. The minimum atomic E-state index is -4.64. The maximum Gasteiger partial charge on any atom is 0.436 e. The Morgan fingerprint density at radius 1 is 1.46 bits per heavy atom. The number of nitro groups is 1. The average molecular weight is 423 g/mol. The lowest BCUT2D eigenvalue weighted by atomic mass is 10.2. The first-order valence-electron chi connectivity index (χ1n) is 8.32. The van der Waals surface area contributed by atoms with Crippen LogP contribution >= 0.6 is 11.6 Å². The summed E-state index contributed by atoms with van der Waals surface area (Å²) in [7, 11) is 0. The van der Waals surface area contributed by atoms with Crippen molar-refractivity contribution in [1.29, 1.82) is 0 Å². The highest BCUT2D eigenvalue weighted by molar-refractivity contribution is 6.31. The predicted molar refractivity (Wildman–Crippen MR) is 92.8 cm³/mol. The molecule has 0 bridgehead atoms. The molecular formula is C15H18ClF3N6O3. The lowest BCUT2D eigenvalue weighted by molar-refractivity contribution is -0.385. The van der Waals surface area contributed by atoms with Crippen molar-refractivity contribution in [2.45, 2.75) is 45.5 Å². The molecule has 13 heteroatoms. The summed E-state index contributed by atoms with van der Waals surface area (Å²) < 4.78 is 40.8. The molecule has 0 fully saturated rings. The van der Waals surface area contributed by atoms with Crippen LogP contribution in [0, 0.1) is 17.0 Å². The van der Waals surface area contributed by atoms with Gasteiger partial charge in [-0.25, -0.2) is 0 Å². The standard InChI is InChI=1S/C15H18ClF3N6O3/c1-3-11(24-8-10(7-21-24)25(27)28)14(26)20-5-4-6-23-9(2)12(16)13(22-23)15(17,18)19/h7-8,11H,3-6H2,1-2H3,(H,20,26). The van der Waals surface area contributed by atoms with E-state index in [1.165, 1.54) is 17.8 Å². The molecular weight excluding hydrogens is 405 g/mol. The highest BCUT2D eigenvalue weighted by Crippen LogP contribution is 2.35. The number of aromatic nitrogens is 4. The lowest BCUT2D eigenvalue weighted by Crippen LogP contribution is -2.33. The van der Waals surface area contributed by atoms with Crippen molar-refractivity contribution in [2.24, 2.45) is 0 Å². The van der Waals surface area contributed by atoms with Crippen LogP contribution in [0.15, 0.2) is 12.4 Å². The third-order valence-electron chi connectivity index (χ3n) is 4.06. The third kappa shape index (κ3) is 4.80. The Morgan fingerprint density at radius 2 is 2.14 bits per heavy atom. The minimum absolute atomic E-state index is 0.131. The van der Waals surface area contributed by atoms with Crippen molar-refractivity contribution in [3.63, 3.8) is 0 Å². The van der Waals surface area contributed by atoms with Crippen LogP contribution < -0.4 is 5.32 Å². The molecule has 9 nitrogen and oxygen atoms in total. The average Bonchev–Trinajstić information content (AvgIpc) is 3.19. The van der Waals surface area contributed by atoms with E-state index in [0.717, 1.165) is 10.9 Å². The highest BCUT2D eigenvalue weighted by Gasteiger charge is 2.38. The summed E-state index contributed by atoms with van der Waals surface area (Å²) in [4.78, 5) is 22.4. The Morgan fingerprint density at radius 3 is 2.64 bits per heavy atom. The van der Waals surface area contributed by atoms with Gasteiger partial charge in [0.2, 0.25) is 5.91 Å². The van der Waals surface area contributed by atoms with Crippen molar-refractivity contribution in [3.8, 4) is 0 Å². The number of amides is 1. The van der Waals surface area contributed by atoms with Gasteiger partial charge in [0.1, 0.15) is 18.4 Å². The predicted octanol–water partition coefficient (Wildman–Crippen LogP) is 3.13. The van der Waals surface area contributed by atoms with Gasteiger partial charge >= 0.3 is 11.9 Å². The van der Waals surface area contributed by atoms with Gasteiger partial charge < -0.3 is 5.32 Å². The van der Waals surface area contributed by atoms with Crippen LogP contribution in [-0.2, 0) is 17.5 Å². The summed E-state index contributed by atoms with van der Waals surface area (Å²) in [6, 6.07) is -0.730. The van der Waals surface area contributed by atoms with Gasteiger partial charge in [0.05, 0.1) is 15.6 Å². The molecule has 0 aliphatic heterocycles. The minimum Gasteiger partial charge on any atom is -0.354 e. The van der Waals surface area contributed by atoms with Crippen molar-refractivity contribution in [3.05, 3.63) is 38.9 Å². The SMILES string of the molecule is CCC(C(=O)NCCCn1nc(C(F)(F)F)c(Cl)c1C)n1cc([N+](=O)[O-])cn1. The molecule has 0 aliphatic rings. The second kappa shape index (κ2) is 8.59. The molecule has 2 aromatic heterocycles. The fourth-order valence-electron chi connectivity index (χ4n) is 2.57. The van der Waals surface area contributed by atoms with Crippen molar-refractivity contribution >= 4 is 23.2 Å². The fraction of sp³-hybridized carbons (Fsp3) is 0.533. The van der Waals surface area contributed by atoms with E-state index in [-0.39, 0.29) is 24.5 Å². The maximum absolute atomic E-state index is 12.8. The second-order valence-electron chi connectivity index (χ2n) is 5.97. The number of hydrogen-bond acceptors (Lipinski definition) is 5. The van der Waals surface area contributed by atoms with Gasteiger partial charge in [-0.05, 0) is 19.8 Å². The quantitative estimate of drug-likeness (QED) is 0.399. The number of nitrogens with one attached hydrogen (secondary N) is 1.